The van der Waals surface area contributed by atoms with E-state index in [1.807, 2.05) is 6.92 Å². The third kappa shape index (κ3) is 6.40. The number of benzene rings is 1. The van der Waals surface area contributed by atoms with Crippen LogP contribution in [0.25, 0.3) is 0 Å². The molecule has 0 amide bonds. The first-order chi connectivity index (χ1) is 17.1. The molecule has 4 N–H and O–H groups in total. The van der Waals surface area contributed by atoms with Crippen LogP contribution in [0.1, 0.15) is 48.3 Å². The number of aliphatic hydroxyl groups excluding tert-OH is 1. The van der Waals surface area contributed by atoms with Gasteiger partial charge in [-0.1, -0.05) is 19.1 Å². The van der Waals surface area contributed by atoms with Gasteiger partial charge in [0.2, 0.25) is 0 Å². The van der Waals surface area contributed by atoms with Gasteiger partial charge < -0.3 is 10.4 Å². The summed E-state index contributed by atoms with van der Waals surface area (Å²) in [4.78, 5) is 8.15. The van der Waals surface area contributed by atoms with E-state index in [2.05, 4.69) is 24.6 Å². The van der Waals surface area contributed by atoms with Gasteiger partial charge >= 0.3 is 10.3 Å². The summed E-state index contributed by atoms with van der Waals surface area (Å²) in [7, 11) is -4.10. The van der Waals surface area contributed by atoms with Gasteiger partial charge in [0, 0.05) is 18.0 Å². The summed E-state index contributed by atoms with van der Waals surface area (Å²) in [6, 6.07) is 5.90. The lowest BCUT2D eigenvalue weighted by atomic mass is 10.1. The van der Waals surface area contributed by atoms with Crippen molar-refractivity contribution in [2.45, 2.75) is 51.0 Å². The summed E-state index contributed by atoms with van der Waals surface area (Å²) >= 11 is 0. The van der Waals surface area contributed by atoms with E-state index in [1.165, 1.54) is 18.6 Å². The first kappa shape index (κ1) is 26.1. The lowest BCUT2D eigenvalue weighted by Gasteiger charge is -2.19. The van der Waals surface area contributed by atoms with E-state index in [0.29, 0.717) is 36.2 Å². The molecule has 4 unspecified atom stereocenters. The SMILES string of the molecule is CCc1cc(Cn2ccc(C(O)c3cncnc3NC3CC(COS(N)(=O)=O)CC3F)n2)ccc1F. The second kappa shape index (κ2) is 10.9. The molecule has 10 nitrogen and oxygen atoms in total. The Morgan fingerprint density at radius 3 is 2.89 bits per heavy atom. The van der Waals surface area contributed by atoms with Crippen molar-refractivity contribution in [3.63, 3.8) is 0 Å². The maximum atomic E-state index is 14.6. The van der Waals surface area contributed by atoms with Crippen LogP contribution in [0, 0.1) is 11.7 Å². The van der Waals surface area contributed by atoms with Crippen LogP contribution in [-0.2, 0) is 27.5 Å². The van der Waals surface area contributed by atoms with Crippen molar-refractivity contribution in [3.05, 3.63) is 71.2 Å². The average molecular weight is 523 g/mol. The number of anilines is 1. The number of nitrogens with one attached hydrogen (secondary N) is 1. The van der Waals surface area contributed by atoms with Gasteiger partial charge in [-0.05, 0) is 48.4 Å². The fraction of sp³-hybridized carbons (Fsp3) is 0.435. The van der Waals surface area contributed by atoms with Gasteiger partial charge in [-0.25, -0.2) is 23.9 Å². The van der Waals surface area contributed by atoms with E-state index in [-0.39, 0.29) is 30.6 Å². The second-order valence-corrected chi connectivity index (χ2v) is 10.0. The lowest BCUT2D eigenvalue weighted by Crippen LogP contribution is -2.27. The van der Waals surface area contributed by atoms with E-state index in [4.69, 9.17) is 5.14 Å². The molecule has 0 spiro atoms. The summed E-state index contributed by atoms with van der Waals surface area (Å²) in [6.45, 7) is 2.07. The smallest absolute Gasteiger partial charge is 0.333 e. The Morgan fingerprint density at radius 1 is 1.33 bits per heavy atom. The van der Waals surface area contributed by atoms with Crippen molar-refractivity contribution < 1.29 is 26.5 Å². The molecule has 194 valence electrons. The minimum Gasteiger partial charge on any atom is -0.382 e. The molecule has 1 aliphatic rings. The summed E-state index contributed by atoms with van der Waals surface area (Å²) in [5, 5.41) is 23.3. The molecule has 4 rings (SSSR count). The van der Waals surface area contributed by atoms with Gasteiger partial charge in [-0.3, -0.25) is 8.86 Å². The van der Waals surface area contributed by atoms with Crippen LogP contribution in [0.3, 0.4) is 0 Å². The predicted molar refractivity (Wildman–Crippen MR) is 127 cm³/mol. The zero-order chi connectivity index (χ0) is 25.9. The second-order valence-electron chi connectivity index (χ2n) is 8.83. The highest BCUT2D eigenvalue weighted by Crippen LogP contribution is 2.33. The Hall–Kier alpha value is -3.00. The molecule has 0 bridgehead atoms. The molecular formula is C23H28F2N6O4S. The zero-order valence-electron chi connectivity index (χ0n) is 19.6. The van der Waals surface area contributed by atoms with Crippen molar-refractivity contribution in [2.24, 2.45) is 11.1 Å². The average Bonchev–Trinajstić information content (AvgIpc) is 3.45. The van der Waals surface area contributed by atoms with E-state index >= 15 is 0 Å². The van der Waals surface area contributed by atoms with Crippen molar-refractivity contribution in [1.82, 2.24) is 19.7 Å². The number of hydrogen-bond acceptors (Lipinski definition) is 8. The van der Waals surface area contributed by atoms with Crippen molar-refractivity contribution in [3.8, 4) is 0 Å². The Kier molecular flexibility index (Phi) is 7.93. The monoisotopic (exact) mass is 522 g/mol. The number of aliphatic hydroxyl groups is 1. The summed E-state index contributed by atoms with van der Waals surface area (Å²) in [6.07, 6.45) is 2.92. The molecular weight excluding hydrogens is 494 g/mol. The Labute approximate surface area is 207 Å². The van der Waals surface area contributed by atoms with E-state index in [1.54, 1.807) is 29.1 Å². The number of nitrogens with zero attached hydrogens (tertiary/aromatic N) is 4. The molecule has 2 heterocycles. The van der Waals surface area contributed by atoms with Crippen LogP contribution in [0.2, 0.25) is 0 Å². The molecule has 1 fully saturated rings. The van der Waals surface area contributed by atoms with Crippen LogP contribution < -0.4 is 10.5 Å². The van der Waals surface area contributed by atoms with Crippen LogP contribution in [0.15, 0.2) is 43.0 Å². The molecule has 1 aromatic carbocycles. The number of alkyl halides is 1. The highest BCUT2D eigenvalue weighted by Gasteiger charge is 2.36. The molecule has 2 aromatic heterocycles. The number of rotatable bonds is 10. The molecule has 36 heavy (non-hydrogen) atoms. The lowest BCUT2D eigenvalue weighted by molar-refractivity contribution is 0.213. The van der Waals surface area contributed by atoms with Gasteiger partial charge in [0.15, 0.2) is 0 Å². The maximum Gasteiger partial charge on any atom is 0.333 e. The van der Waals surface area contributed by atoms with Gasteiger partial charge in [0.05, 0.1) is 24.9 Å². The molecule has 4 atom stereocenters. The standard InChI is InChI=1S/C23H28F2N6O4S/c1-2-16-7-14(3-4-18(16)24)11-31-6-5-20(30-31)22(32)17-10-27-13-28-23(17)29-21-9-15(8-19(21)25)12-35-36(26,33)34/h3-7,10,13,15,19,21-22,32H,2,8-9,11-12H2,1H3,(H2,26,33,34)(H,27,28,29). The fourth-order valence-electron chi connectivity index (χ4n) is 4.35. The van der Waals surface area contributed by atoms with Gasteiger partial charge in [-0.15, -0.1) is 0 Å². The molecule has 3 aromatic rings. The third-order valence-corrected chi connectivity index (χ3v) is 6.65. The minimum atomic E-state index is -4.10. The molecule has 13 heteroatoms. The fourth-order valence-corrected chi connectivity index (χ4v) is 4.74. The summed E-state index contributed by atoms with van der Waals surface area (Å²) in [5.74, 6) is -0.344. The summed E-state index contributed by atoms with van der Waals surface area (Å²) < 4.78 is 56.7. The van der Waals surface area contributed by atoms with Crippen LogP contribution in [0.4, 0.5) is 14.6 Å². The number of hydrogen-bond donors (Lipinski definition) is 3. The maximum absolute atomic E-state index is 14.6. The van der Waals surface area contributed by atoms with Crippen molar-refractivity contribution in [1.29, 1.82) is 0 Å². The number of nitrogens with two attached hydrogens (primary N) is 1. The van der Waals surface area contributed by atoms with Crippen molar-refractivity contribution >= 4 is 16.1 Å². The molecule has 0 saturated heterocycles. The molecule has 0 radical (unpaired) electrons. The highest BCUT2D eigenvalue weighted by atomic mass is 32.2. The Balaban J connectivity index is 1.45. The van der Waals surface area contributed by atoms with Crippen LogP contribution in [-0.4, -0.2) is 52.1 Å². The van der Waals surface area contributed by atoms with E-state index < -0.39 is 28.6 Å². The largest absolute Gasteiger partial charge is 0.382 e. The normalized spacial score (nSPS) is 21.0. The van der Waals surface area contributed by atoms with Gasteiger partial charge in [0.25, 0.3) is 0 Å². The molecule has 0 aliphatic heterocycles. The Bertz CT molecular complexity index is 1310. The number of aromatic nitrogens is 4. The van der Waals surface area contributed by atoms with Gasteiger partial charge in [0.1, 0.15) is 30.2 Å². The van der Waals surface area contributed by atoms with Crippen LogP contribution in [0.5, 0.6) is 0 Å². The zero-order valence-corrected chi connectivity index (χ0v) is 20.4. The minimum absolute atomic E-state index is 0.101. The predicted octanol–water partition coefficient (Wildman–Crippen LogP) is 2.25. The van der Waals surface area contributed by atoms with Crippen LogP contribution >= 0.6 is 0 Å². The third-order valence-electron chi connectivity index (χ3n) is 6.18. The highest BCUT2D eigenvalue weighted by molar-refractivity contribution is 7.84. The van der Waals surface area contributed by atoms with E-state index in [0.717, 1.165) is 5.56 Å². The number of halogens is 2. The number of aryl methyl sites for hydroxylation is 1. The molecule has 1 aliphatic carbocycles. The van der Waals surface area contributed by atoms with Gasteiger partial charge in [-0.2, -0.15) is 13.5 Å². The Morgan fingerprint density at radius 2 is 2.14 bits per heavy atom. The summed E-state index contributed by atoms with van der Waals surface area (Å²) in [5.41, 5.74) is 2.15. The van der Waals surface area contributed by atoms with Crippen molar-refractivity contribution in [2.75, 3.05) is 11.9 Å². The quantitative estimate of drug-likeness (QED) is 0.368. The topological polar surface area (TPSA) is 145 Å². The first-order valence-corrected chi connectivity index (χ1v) is 13.0. The van der Waals surface area contributed by atoms with E-state index in [9.17, 15) is 22.3 Å². The molecule has 1 saturated carbocycles. The first-order valence-electron chi connectivity index (χ1n) is 11.5.